The lowest BCUT2D eigenvalue weighted by molar-refractivity contribution is 0.193. The van der Waals surface area contributed by atoms with Gasteiger partial charge in [-0.3, -0.25) is 0 Å². The first-order valence-corrected chi connectivity index (χ1v) is 3.81. The monoisotopic (exact) mass is 186 g/mol. The van der Waals surface area contributed by atoms with Crippen molar-refractivity contribution in [2.45, 2.75) is 13.0 Å². The second kappa shape index (κ2) is 3.62. The number of rotatable bonds is 2. The fourth-order valence-electron chi connectivity index (χ4n) is 1.06. The highest BCUT2D eigenvalue weighted by atomic mass is 19.1. The Morgan fingerprint density at radius 2 is 2.08 bits per heavy atom. The topological polar surface area (TPSA) is 49.7 Å². The molecule has 72 valence electrons. The summed E-state index contributed by atoms with van der Waals surface area (Å²) in [6.45, 7) is 1.45. The molecule has 0 spiro atoms. The van der Waals surface area contributed by atoms with Gasteiger partial charge in [0.1, 0.15) is 0 Å². The lowest BCUT2D eigenvalue weighted by Crippen LogP contribution is -1.96. The summed E-state index contributed by atoms with van der Waals surface area (Å²) in [5.41, 5.74) is 0.151. The molecule has 3 nitrogen and oxygen atoms in total. The molecule has 4 heteroatoms. The normalized spacial score (nSPS) is 12.6. The van der Waals surface area contributed by atoms with Gasteiger partial charge in [-0.1, -0.05) is 0 Å². The quantitative estimate of drug-likeness (QED) is 0.737. The molecule has 1 rings (SSSR count). The van der Waals surface area contributed by atoms with Gasteiger partial charge < -0.3 is 14.9 Å². The van der Waals surface area contributed by atoms with Crippen molar-refractivity contribution in [1.29, 1.82) is 0 Å². The van der Waals surface area contributed by atoms with Crippen LogP contribution in [0.1, 0.15) is 18.6 Å². The van der Waals surface area contributed by atoms with E-state index in [1.807, 2.05) is 0 Å². The Hall–Kier alpha value is -1.29. The smallest absolute Gasteiger partial charge is 0.206 e. The number of aromatic hydroxyl groups is 1. The number of benzene rings is 1. The summed E-state index contributed by atoms with van der Waals surface area (Å²) in [6, 6.07) is 2.78. The van der Waals surface area contributed by atoms with Crippen LogP contribution in [0.5, 0.6) is 11.5 Å². The molecule has 1 aromatic carbocycles. The van der Waals surface area contributed by atoms with Gasteiger partial charge in [-0.05, 0) is 19.1 Å². The van der Waals surface area contributed by atoms with Gasteiger partial charge in [0.05, 0.1) is 13.2 Å². The van der Waals surface area contributed by atoms with Crippen LogP contribution >= 0.6 is 0 Å². The molecule has 0 amide bonds. The largest absolute Gasteiger partial charge is 0.504 e. The van der Waals surface area contributed by atoms with Crippen molar-refractivity contribution in [3.05, 3.63) is 23.5 Å². The molecule has 0 aliphatic carbocycles. The van der Waals surface area contributed by atoms with Crippen LogP contribution in [-0.2, 0) is 0 Å². The number of methoxy groups -OCH3 is 1. The second-order valence-electron chi connectivity index (χ2n) is 2.70. The highest BCUT2D eigenvalue weighted by Crippen LogP contribution is 2.32. The average molecular weight is 186 g/mol. The third kappa shape index (κ3) is 1.72. The number of ether oxygens (including phenoxy) is 1. The van der Waals surface area contributed by atoms with Gasteiger partial charge in [-0.25, -0.2) is 0 Å². The Bertz CT molecular complexity index is 310. The van der Waals surface area contributed by atoms with Crippen molar-refractivity contribution in [1.82, 2.24) is 0 Å². The summed E-state index contributed by atoms with van der Waals surface area (Å²) in [5, 5.41) is 18.4. The summed E-state index contributed by atoms with van der Waals surface area (Å²) in [4.78, 5) is 0. The average Bonchev–Trinajstić information content (AvgIpc) is 2.09. The minimum Gasteiger partial charge on any atom is -0.504 e. The molecule has 0 heterocycles. The first-order valence-electron chi connectivity index (χ1n) is 3.81. The van der Waals surface area contributed by atoms with Crippen molar-refractivity contribution >= 4 is 0 Å². The number of halogens is 1. The van der Waals surface area contributed by atoms with Crippen molar-refractivity contribution in [2.24, 2.45) is 0 Å². The predicted octanol–water partition coefficient (Wildman–Crippen LogP) is 1.59. The maximum atomic E-state index is 13.1. The van der Waals surface area contributed by atoms with Crippen LogP contribution in [0.2, 0.25) is 0 Å². The lowest BCUT2D eigenvalue weighted by atomic mass is 10.1. The van der Waals surface area contributed by atoms with Crippen LogP contribution in [0.3, 0.4) is 0 Å². The maximum Gasteiger partial charge on any atom is 0.206 e. The van der Waals surface area contributed by atoms with E-state index in [0.29, 0.717) is 0 Å². The zero-order valence-electron chi connectivity index (χ0n) is 7.41. The third-order valence-electron chi connectivity index (χ3n) is 1.78. The molecular formula is C9H11FO3. The van der Waals surface area contributed by atoms with E-state index in [2.05, 4.69) is 4.74 Å². The van der Waals surface area contributed by atoms with Crippen LogP contribution < -0.4 is 4.74 Å². The van der Waals surface area contributed by atoms with Gasteiger partial charge in [-0.15, -0.1) is 0 Å². The highest BCUT2D eigenvalue weighted by Gasteiger charge is 2.15. The zero-order chi connectivity index (χ0) is 10.0. The van der Waals surface area contributed by atoms with Gasteiger partial charge >= 0.3 is 0 Å². The maximum absolute atomic E-state index is 13.1. The summed E-state index contributed by atoms with van der Waals surface area (Å²) in [7, 11) is 1.31. The van der Waals surface area contributed by atoms with E-state index in [4.69, 9.17) is 5.11 Å². The fourth-order valence-corrected chi connectivity index (χ4v) is 1.06. The Kier molecular flexibility index (Phi) is 2.72. The molecule has 1 atom stereocenters. The molecule has 0 aromatic heterocycles. The molecular weight excluding hydrogens is 175 g/mol. The molecule has 1 unspecified atom stereocenters. The Morgan fingerprint density at radius 1 is 1.46 bits per heavy atom. The molecule has 1 aromatic rings. The standard InChI is InChI=1S/C9H11FO3/c1-5(11)6-3-4-7(13-2)8(10)9(6)12/h3-5,11-12H,1-2H3. The first-order chi connectivity index (χ1) is 6.07. The van der Waals surface area contributed by atoms with E-state index in [1.165, 1.54) is 26.2 Å². The predicted molar refractivity (Wildman–Crippen MR) is 45.3 cm³/mol. The van der Waals surface area contributed by atoms with E-state index in [0.717, 1.165) is 0 Å². The van der Waals surface area contributed by atoms with Crippen LogP contribution in [0.15, 0.2) is 12.1 Å². The van der Waals surface area contributed by atoms with Gasteiger partial charge in [0, 0.05) is 5.56 Å². The van der Waals surface area contributed by atoms with Crippen molar-refractivity contribution in [3.63, 3.8) is 0 Å². The highest BCUT2D eigenvalue weighted by molar-refractivity contribution is 5.42. The van der Waals surface area contributed by atoms with Crippen LogP contribution in [0.25, 0.3) is 0 Å². The van der Waals surface area contributed by atoms with Gasteiger partial charge in [-0.2, -0.15) is 4.39 Å². The molecule has 0 aliphatic heterocycles. The SMILES string of the molecule is COc1ccc(C(C)O)c(O)c1F. The molecule has 13 heavy (non-hydrogen) atoms. The minimum atomic E-state index is -0.902. The van der Waals surface area contributed by atoms with E-state index in [1.54, 1.807) is 0 Å². The Morgan fingerprint density at radius 3 is 2.54 bits per heavy atom. The number of hydrogen-bond acceptors (Lipinski definition) is 3. The van der Waals surface area contributed by atoms with Gasteiger partial charge in [0.2, 0.25) is 5.82 Å². The Balaban J connectivity index is 3.23. The lowest BCUT2D eigenvalue weighted by Gasteiger charge is -2.10. The number of aliphatic hydroxyl groups is 1. The van der Waals surface area contributed by atoms with E-state index in [9.17, 15) is 9.50 Å². The summed E-state index contributed by atoms with van der Waals surface area (Å²) in [5.74, 6) is -1.45. The fraction of sp³-hybridized carbons (Fsp3) is 0.333. The van der Waals surface area contributed by atoms with E-state index < -0.39 is 17.7 Å². The van der Waals surface area contributed by atoms with Crippen LogP contribution in [-0.4, -0.2) is 17.3 Å². The number of phenolic OH excluding ortho intramolecular Hbond substituents is 1. The van der Waals surface area contributed by atoms with Gasteiger partial charge in [0.15, 0.2) is 11.5 Å². The molecule has 2 N–H and O–H groups in total. The van der Waals surface area contributed by atoms with E-state index in [-0.39, 0.29) is 11.3 Å². The third-order valence-corrected chi connectivity index (χ3v) is 1.78. The van der Waals surface area contributed by atoms with Crippen LogP contribution in [0.4, 0.5) is 4.39 Å². The van der Waals surface area contributed by atoms with Gasteiger partial charge in [0.25, 0.3) is 0 Å². The summed E-state index contributed by atoms with van der Waals surface area (Å²) < 4.78 is 17.8. The number of aliphatic hydroxyl groups excluding tert-OH is 1. The minimum absolute atomic E-state index is 0.0399. The summed E-state index contributed by atoms with van der Waals surface area (Å²) >= 11 is 0. The number of phenols is 1. The van der Waals surface area contributed by atoms with Crippen molar-refractivity contribution in [2.75, 3.05) is 7.11 Å². The summed E-state index contributed by atoms with van der Waals surface area (Å²) in [6.07, 6.45) is -0.902. The molecule has 0 radical (unpaired) electrons. The zero-order valence-corrected chi connectivity index (χ0v) is 7.41. The van der Waals surface area contributed by atoms with Crippen molar-refractivity contribution < 1.29 is 19.3 Å². The van der Waals surface area contributed by atoms with E-state index >= 15 is 0 Å². The number of hydrogen-bond donors (Lipinski definition) is 2. The van der Waals surface area contributed by atoms with Crippen LogP contribution in [0, 0.1) is 5.82 Å². The first kappa shape index (κ1) is 9.80. The molecule has 0 bridgehead atoms. The Labute approximate surface area is 75.4 Å². The molecule has 0 saturated heterocycles. The molecule has 0 fully saturated rings. The second-order valence-corrected chi connectivity index (χ2v) is 2.70. The molecule has 0 aliphatic rings. The van der Waals surface area contributed by atoms with Crippen molar-refractivity contribution in [3.8, 4) is 11.5 Å². The molecule has 0 saturated carbocycles.